The Hall–Kier alpha value is -3.25. The van der Waals surface area contributed by atoms with Crippen LogP contribution in [-0.4, -0.2) is 29.5 Å². The summed E-state index contributed by atoms with van der Waals surface area (Å²) in [6.45, 7) is 5.20. The second kappa shape index (κ2) is 7.46. The SMILES string of the molecule is CNc1c(C(=O)N2CCC(C)(C)c3ccccc32)sc2nc(-c3cccnc3)ccc12. The number of fused-ring (bicyclic) bond motifs is 2. The van der Waals surface area contributed by atoms with Crippen molar-refractivity contribution in [3.05, 3.63) is 71.4 Å². The standard InChI is InChI=1S/C25H24N4OS/c1-25(2)12-14-29(20-9-5-4-8-18(20)25)24(30)22-21(26-3)17-10-11-19(28-23(17)31-22)16-7-6-13-27-15-16/h4-11,13,15,26H,12,14H2,1-3H3. The molecule has 1 N–H and O–H groups in total. The number of para-hydroxylation sites is 1. The summed E-state index contributed by atoms with van der Waals surface area (Å²) in [6.07, 6.45) is 4.49. The normalized spacial score (nSPS) is 15.0. The highest BCUT2D eigenvalue weighted by Crippen LogP contribution is 2.42. The van der Waals surface area contributed by atoms with Crippen LogP contribution >= 0.6 is 11.3 Å². The Bertz CT molecular complexity index is 1280. The van der Waals surface area contributed by atoms with Gasteiger partial charge in [-0.2, -0.15) is 0 Å². The lowest BCUT2D eigenvalue weighted by Gasteiger charge is -2.39. The fourth-order valence-electron chi connectivity index (χ4n) is 4.31. The number of carbonyl (C=O) groups excluding carboxylic acids is 1. The number of amides is 1. The lowest BCUT2D eigenvalue weighted by Crippen LogP contribution is -2.40. The highest BCUT2D eigenvalue weighted by atomic mass is 32.1. The number of thiophene rings is 1. The minimum Gasteiger partial charge on any atom is -0.386 e. The molecule has 4 aromatic rings. The first-order valence-corrected chi connectivity index (χ1v) is 11.2. The van der Waals surface area contributed by atoms with Crippen LogP contribution < -0.4 is 10.2 Å². The van der Waals surface area contributed by atoms with Gasteiger partial charge >= 0.3 is 0 Å². The van der Waals surface area contributed by atoms with E-state index in [1.165, 1.54) is 16.9 Å². The third-order valence-electron chi connectivity index (χ3n) is 6.09. The van der Waals surface area contributed by atoms with Gasteiger partial charge in [-0.3, -0.25) is 9.78 Å². The summed E-state index contributed by atoms with van der Waals surface area (Å²) in [5.74, 6) is 0.0261. The molecule has 0 saturated carbocycles. The number of hydrogen-bond acceptors (Lipinski definition) is 5. The van der Waals surface area contributed by atoms with Crippen molar-refractivity contribution in [2.24, 2.45) is 0 Å². The van der Waals surface area contributed by atoms with Crippen molar-refractivity contribution in [3.63, 3.8) is 0 Å². The molecule has 0 atom stereocenters. The summed E-state index contributed by atoms with van der Waals surface area (Å²) in [7, 11) is 1.86. The zero-order valence-electron chi connectivity index (χ0n) is 17.8. The molecular weight excluding hydrogens is 404 g/mol. The first-order chi connectivity index (χ1) is 15.0. The molecule has 0 saturated heterocycles. The van der Waals surface area contributed by atoms with Crippen LogP contribution in [0.5, 0.6) is 0 Å². The third-order valence-corrected chi connectivity index (χ3v) is 7.17. The third kappa shape index (κ3) is 3.27. The molecule has 5 rings (SSSR count). The summed E-state index contributed by atoms with van der Waals surface area (Å²) in [5, 5.41) is 4.22. The number of rotatable bonds is 3. The van der Waals surface area contributed by atoms with E-state index in [0.29, 0.717) is 11.4 Å². The van der Waals surface area contributed by atoms with E-state index < -0.39 is 0 Å². The Morgan fingerprint density at radius 1 is 1.13 bits per heavy atom. The summed E-state index contributed by atoms with van der Waals surface area (Å²) in [4.78, 5) is 26.2. The molecule has 6 heteroatoms. The highest BCUT2D eigenvalue weighted by Gasteiger charge is 2.35. The predicted octanol–water partition coefficient (Wildman–Crippen LogP) is 5.73. The number of nitrogens with one attached hydrogen (secondary N) is 1. The van der Waals surface area contributed by atoms with E-state index in [1.807, 2.05) is 42.3 Å². The fraction of sp³-hybridized carbons (Fsp3) is 0.240. The summed E-state index contributed by atoms with van der Waals surface area (Å²) in [5.41, 5.74) is 4.94. The van der Waals surface area contributed by atoms with Gasteiger partial charge in [0.2, 0.25) is 0 Å². The van der Waals surface area contributed by atoms with Gasteiger partial charge in [0.15, 0.2) is 0 Å². The van der Waals surface area contributed by atoms with Crippen LogP contribution in [0.15, 0.2) is 60.9 Å². The molecule has 0 unspecified atom stereocenters. The second-order valence-corrected chi connectivity index (χ2v) is 9.45. The average molecular weight is 429 g/mol. The minimum atomic E-state index is 0.0261. The maximum atomic E-state index is 13.7. The molecule has 1 amide bonds. The molecule has 31 heavy (non-hydrogen) atoms. The van der Waals surface area contributed by atoms with Crippen molar-refractivity contribution < 1.29 is 4.79 Å². The minimum absolute atomic E-state index is 0.0261. The molecule has 0 spiro atoms. The van der Waals surface area contributed by atoms with E-state index in [0.717, 1.165) is 39.3 Å². The predicted molar refractivity (Wildman–Crippen MR) is 128 cm³/mol. The van der Waals surface area contributed by atoms with Crippen LogP contribution in [0.2, 0.25) is 0 Å². The van der Waals surface area contributed by atoms with Gasteiger partial charge in [0.25, 0.3) is 5.91 Å². The number of pyridine rings is 2. The number of anilines is 2. The Morgan fingerprint density at radius 2 is 1.97 bits per heavy atom. The first kappa shape index (κ1) is 19.7. The van der Waals surface area contributed by atoms with Gasteiger partial charge in [-0.25, -0.2) is 4.98 Å². The molecule has 0 aliphatic carbocycles. The quantitative estimate of drug-likeness (QED) is 0.453. The first-order valence-electron chi connectivity index (χ1n) is 10.4. The molecule has 156 valence electrons. The molecule has 5 nitrogen and oxygen atoms in total. The van der Waals surface area contributed by atoms with Crippen molar-refractivity contribution in [1.82, 2.24) is 9.97 Å². The molecule has 0 bridgehead atoms. The number of nitrogens with zero attached hydrogens (tertiary/aromatic N) is 3. The van der Waals surface area contributed by atoms with Crippen molar-refractivity contribution in [2.45, 2.75) is 25.7 Å². The molecular formula is C25H24N4OS. The topological polar surface area (TPSA) is 58.1 Å². The van der Waals surface area contributed by atoms with Gasteiger partial charge in [0, 0.05) is 42.6 Å². The number of carbonyl (C=O) groups is 1. The van der Waals surface area contributed by atoms with Crippen molar-refractivity contribution >= 4 is 38.8 Å². The zero-order valence-corrected chi connectivity index (χ0v) is 18.7. The van der Waals surface area contributed by atoms with E-state index in [1.54, 1.807) is 12.4 Å². The van der Waals surface area contributed by atoms with Crippen LogP contribution in [0.1, 0.15) is 35.5 Å². The van der Waals surface area contributed by atoms with Crippen molar-refractivity contribution in [3.8, 4) is 11.3 Å². The Morgan fingerprint density at radius 3 is 2.74 bits per heavy atom. The van der Waals surface area contributed by atoms with Crippen LogP contribution in [-0.2, 0) is 5.41 Å². The van der Waals surface area contributed by atoms with Crippen LogP contribution in [0.3, 0.4) is 0 Å². The summed E-state index contributed by atoms with van der Waals surface area (Å²) >= 11 is 1.45. The molecule has 1 aliphatic heterocycles. The summed E-state index contributed by atoms with van der Waals surface area (Å²) < 4.78 is 0. The number of benzene rings is 1. The average Bonchev–Trinajstić information content (AvgIpc) is 3.17. The van der Waals surface area contributed by atoms with Crippen LogP contribution in [0, 0.1) is 0 Å². The lowest BCUT2D eigenvalue weighted by molar-refractivity contribution is 0.0987. The van der Waals surface area contributed by atoms with Gasteiger partial charge in [0.1, 0.15) is 9.71 Å². The van der Waals surface area contributed by atoms with E-state index in [9.17, 15) is 4.79 Å². The maximum Gasteiger partial charge on any atom is 0.270 e. The smallest absolute Gasteiger partial charge is 0.270 e. The maximum absolute atomic E-state index is 13.7. The molecule has 0 radical (unpaired) electrons. The largest absolute Gasteiger partial charge is 0.386 e. The van der Waals surface area contributed by atoms with E-state index >= 15 is 0 Å². The van der Waals surface area contributed by atoms with Crippen molar-refractivity contribution in [2.75, 3.05) is 23.8 Å². The highest BCUT2D eigenvalue weighted by molar-refractivity contribution is 7.21. The zero-order chi connectivity index (χ0) is 21.6. The Labute approximate surface area is 185 Å². The van der Waals surface area contributed by atoms with E-state index in [-0.39, 0.29) is 11.3 Å². The molecule has 1 aliphatic rings. The van der Waals surface area contributed by atoms with E-state index in [2.05, 4.69) is 42.3 Å². The summed E-state index contributed by atoms with van der Waals surface area (Å²) in [6, 6.07) is 16.2. The van der Waals surface area contributed by atoms with Gasteiger partial charge in [-0.15, -0.1) is 11.3 Å². The molecule has 3 aromatic heterocycles. The lowest BCUT2D eigenvalue weighted by atomic mass is 9.77. The number of aromatic nitrogens is 2. The fourth-order valence-corrected chi connectivity index (χ4v) is 5.44. The van der Waals surface area contributed by atoms with Crippen LogP contribution in [0.4, 0.5) is 11.4 Å². The van der Waals surface area contributed by atoms with Gasteiger partial charge in [0.05, 0.1) is 11.4 Å². The van der Waals surface area contributed by atoms with E-state index in [4.69, 9.17) is 4.98 Å². The van der Waals surface area contributed by atoms with Crippen LogP contribution in [0.25, 0.3) is 21.5 Å². The molecule has 0 fully saturated rings. The second-order valence-electron chi connectivity index (χ2n) is 8.45. The van der Waals surface area contributed by atoms with Gasteiger partial charge < -0.3 is 10.2 Å². The Balaban J connectivity index is 1.59. The van der Waals surface area contributed by atoms with Gasteiger partial charge in [-0.05, 0) is 47.7 Å². The molecule has 4 heterocycles. The molecule has 1 aromatic carbocycles. The van der Waals surface area contributed by atoms with Crippen molar-refractivity contribution in [1.29, 1.82) is 0 Å². The number of hydrogen-bond donors (Lipinski definition) is 1. The Kier molecular flexibility index (Phi) is 4.74. The monoisotopic (exact) mass is 428 g/mol. The van der Waals surface area contributed by atoms with Gasteiger partial charge in [-0.1, -0.05) is 32.0 Å².